The summed E-state index contributed by atoms with van der Waals surface area (Å²) in [4.78, 5) is 0. The van der Waals surface area contributed by atoms with Crippen LogP contribution in [0.1, 0.15) is 6.42 Å². The summed E-state index contributed by atoms with van der Waals surface area (Å²) in [6, 6.07) is 0. The van der Waals surface area contributed by atoms with E-state index in [4.69, 9.17) is 0 Å². The average Bonchev–Trinajstić information content (AvgIpc) is 1.14. The Bertz CT molecular complexity index is 78.1. The van der Waals surface area contributed by atoms with Crippen LogP contribution in [0.15, 0.2) is 0 Å². The maximum atomic E-state index is 10.8. The smallest absolute Gasteiger partial charge is 0.171 e. The van der Waals surface area contributed by atoms with E-state index in [1.807, 2.05) is 0 Å². The van der Waals surface area contributed by atoms with Gasteiger partial charge >= 0.3 is 12.4 Å². The fraction of sp³-hybridized carbons (Fsp3) is 1.00. The molecule has 0 saturated carbocycles. The van der Waals surface area contributed by atoms with Crippen LogP contribution in [0.3, 0.4) is 0 Å². The molecule has 0 aromatic heterocycles. The van der Waals surface area contributed by atoms with Crippen LogP contribution in [-0.4, -0.2) is 39.7 Å². The number of hydrogen-bond acceptors (Lipinski definition) is 0. The molecule has 0 bridgehead atoms. The van der Waals surface area contributed by atoms with E-state index < -0.39 is 18.8 Å². The van der Waals surface area contributed by atoms with Crippen LogP contribution in [-0.2, 0) is 0 Å². The molecule has 0 fully saturated rings. The minimum atomic E-state index is -5.14. The van der Waals surface area contributed by atoms with Crippen LogP contribution in [0.25, 0.3) is 0 Å². The Hall–Kier alpha value is 0.502. The Morgan fingerprint density at radius 2 is 0.900 bits per heavy atom. The second-order valence-corrected chi connectivity index (χ2v) is 1.41. The fourth-order valence-electron chi connectivity index (χ4n) is 0.227. The van der Waals surface area contributed by atoms with Crippen molar-refractivity contribution in [2.45, 2.75) is 18.8 Å². The van der Waals surface area contributed by atoms with Crippen molar-refractivity contribution >= 4 is 27.3 Å². The van der Waals surface area contributed by atoms with E-state index >= 15 is 0 Å². The molecular weight excluding hydrogens is 357 g/mol. The van der Waals surface area contributed by atoms with E-state index in [0.717, 1.165) is 0 Å². The number of rotatable bonds is 0. The molecule has 0 nitrogen and oxygen atoms in total. The molecule has 0 unspecified atom stereocenters. The summed E-state index contributed by atoms with van der Waals surface area (Å²) in [6.07, 6.45) is -13.0. The van der Waals surface area contributed by atoms with Gasteiger partial charge in [0, 0.05) is 27.3 Å². The van der Waals surface area contributed by atoms with E-state index in [2.05, 4.69) is 0 Å². The molecule has 0 N–H and O–H groups in total. The molecule has 0 aliphatic heterocycles. The van der Waals surface area contributed by atoms with Gasteiger partial charge in [-0.25, -0.2) is 0 Å². The van der Waals surface area contributed by atoms with Gasteiger partial charge in [0.2, 0.25) is 0 Å². The molecule has 7 heteroatoms. The number of halogens is 6. The third-order valence-corrected chi connectivity index (χ3v) is 0.401. The third kappa shape index (κ3) is 11.3. The zero-order valence-electron chi connectivity index (χ0n) is 4.47. The van der Waals surface area contributed by atoms with Gasteiger partial charge in [0.1, 0.15) is 6.42 Å². The van der Waals surface area contributed by atoms with E-state index in [-0.39, 0.29) is 27.3 Å². The van der Waals surface area contributed by atoms with Crippen molar-refractivity contribution in [2.75, 3.05) is 0 Å². The molecule has 0 atom stereocenters. The molecule has 0 amide bonds. The van der Waals surface area contributed by atoms with Crippen molar-refractivity contribution in [2.24, 2.45) is 0 Å². The Labute approximate surface area is 72.7 Å². The predicted octanol–water partition coefficient (Wildman–Crippen LogP) is 2.12. The zero-order chi connectivity index (χ0) is 7.71. The molecule has 10 heavy (non-hydrogen) atoms. The maximum Gasteiger partial charge on any atom is 0.397 e. The summed E-state index contributed by atoms with van der Waals surface area (Å²) in [5, 5.41) is 0. The van der Waals surface area contributed by atoms with Crippen LogP contribution < -0.4 is 0 Å². The van der Waals surface area contributed by atoms with E-state index in [9.17, 15) is 26.3 Å². The second kappa shape index (κ2) is 3.77. The average molecular weight is 359 g/mol. The Morgan fingerprint density at radius 3 is 0.900 bits per heavy atom. The summed E-state index contributed by atoms with van der Waals surface area (Å²) in [7, 11) is 0. The summed E-state index contributed by atoms with van der Waals surface area (Å²) >= 11 is 0. The molecule has 0 rings (SSSR count). The van der Waals surface area contributed by atoms with Gasteiger partial charge in [0.15, 0.2) is 0 Å². The molecule has 0 spiro atoms. The van der Waals surface area contributed by atoms with Crippen molar-refractivity contribution in [3.63, 3.8) is 0 Å². The minimum Gasteiger partial charge on any atom is -0.171 e. The topological polar surface area (TPSA) is 0 Å². The van der Waals surface area contributed by atoms with Crippen LogP contribution in [0.4, 0.5) is 26.3 Å². The predicted molar refractivity (Wildman–Crippen MR) is 22.5 cm³/mol. The fourth-order valence-corrected chi connectivity index (χ4v) is 0.227. The van der Waals surface area contributed by atoms with Crippen molar-refractivity contribution in [1.82, 2.24) is 0 Å². The van der Waals surface area contributed by atoms with Crippen LogP contribution >= 0.6 is 0 Å². The van der Waals surface area contributed by atoms with Gasteiger partial charge in [0.25, 0.3) is 0 Å². The standard InChI is InChI=1S/C3H2F6.Pb/c4-2(5,6)1-3(7,8)9;/h1H2;. The number of hydrogen-bond donors (Lipinski definition) is 0. The van der Waals surface area contributed by atoms with Crippen LogP contribution in [0.5, 0.6) is 0 Å². The SMILES string of the molecule is FC(F)(F)CC(F)(F)F.[Pb]. The van der Waals surface area contributed by atoms with Crippen molar-refractivity contribution < 1.29 is 26.3 Å². The van der Waals surface area contributed by atoms with Gasteiger partial charge in [-0.05, 0) is 0 Å². The molecule has 0 aromatic carbocycles. The van der Waals surface area contributed by atoms with Crippen LogP contribution in [0, 0.1) is 0 Å². The molecule has 0 heterocycles. The van der Waals surface area contributed by atoms with Crippen LogP contribution in [0.2, 0.25) is 0 Å². The first kappa shape index (κ1) is 13.1. The monoisotopic (exact) mass is 360 g/mol. The van der Waals surface area contributed by atoms with Gasteiger partial charge in [-0.15, -0.1) is 0 Å². The van der Waals surface area contributed by atoms with Gasteiger partial charge in [0.05, 0.1) is 0 Å². The van der Waals surface area contributed by atoms with Crippen molar-refractivity contribution in [3.8, 4) is 0 Å². The summed E-state index contributed by atoms with van der Waals surface area (Å²) in [5.41, 5.74) is 0. The summed E-state index contributed by atoms with van der Waals surface area (Å²) in [5.74, 6) is 0. The normalized spacial score (nSPS) is 12.6. The van der Waals surface area contributed by atoms with Gasteiger partial charge in [-0.2, -0.15) is 26.3 Å². The Balaban J connectivity index is 0. The summed E-state index contributed by atoms with van der Waals surface area (Å²) in [6.45, 7) is 0. The largest absolute Gasteiger partial charge is 0.397 e. The molecule has 0 aromatic rings. The van der Waals surface area contributed by atoms with Gasteiger partial charge < -0.3 is 0 Å². The maximum absolute atomic E-state index is 10.8. The molecule has 0 aliphatic rings. The quantitative estimate of drug-likeness (QED) is 0.459. The minimum absolute atomic E-state index is 0. The first-order valence-corrected chi connectivity index (χ1v) is 1.84. The van der Waals surface area contributed by atoms with Crippen molar-refractivity contribution in [1.29, 1.82) is 0 Å². The number of alkyl halides is 6. The van der Waals surface area contributed by atoms with Gasteiger partial charge in [-0.1, -0.05) is 0 Å². The summed E-state index contributed by atoms with van der Waals surface area (Å²) < 4.78 is 65.0. The molecule has 0 saturated heterocycles. The van der Waals surface area contributed by atoms with E-state index in [1.54, 1.807) is 0 Å². The first-order chi connectivity index (χ1) is 3.71. The second-order valence-electron chi connectivity index (χ2n) is 1.41. The third-order valence-electron chi connectivity index (χ3n) is 0.401. The van der Waals surface area contributed by atoms with E-state index in [1.165, 1.54) is 0 Å². The molecular formula is C3H2F6Pb. The Morgan fingerprint density at radius 1 is 0.700 bits per heavy atom. The molecule has 60 valence electrons. The zero-order valence-corrected chi connectivity index (χ0v) is 8.36. The Kier molecular flexibility index (Phi) is 4.94. The first-order valence-electron chi connectivity index (χ1n) is 1.84. The van der Waals surface area contributed by atoms with Gasteiger partial charge in [-0.3, -0.25) is 0 Å². The van der Waals surface area contributed by atoms with E-state index in [0.29, 0.717) is 0 Å². The molecule has 0 aliphatic carbocycles. The molecule has 4 radical (unpaired) electrons. The van der Waals surface area contributed by atoms with Crippen molar-refractivity contribution in [3.05, 3.63) is 0 Å².